The molecule has 0 fully saturated rings. The minimum Gasteiger partial charge on any atom is -0.464 e. The molecule has 0 saturated carbocycles. The van der Waals surface area contributed by atoms with E-state index in [0.29, 0.717) is 5.82 Å². The van der Waals surface area contributed by atoms with Crippen molar-refractivity contribution >= 4 is 16.8 Å². The van der Waals surface area contributed by atoms with Gasteiger partial charge >= 0.3 is 0 Å². The molecule has 1 aromatic carbocycles. The Morgan fingerprint density at radius 3 is 3.00 bits per heavy atom. The minimum absolute atomic E-state index is 0.491. The van der Waals surface area contributed by atoms with E-state index in [9.17, 15) is 0 Å². The van der Waals surface area contributed by atoms with Gasteiger partial charge in [0.05, 0.1) is 12.0 Å². The summed E-state index contributed by atoms with van der Waals surface area (Å²) in [6.07, 6.45) is 1.67. The molecule has 4 heteroatoms. The number of nitrogens with zero attached hydrogens (tertiary/aromatic N) is 1. The van der Waals surface area contributed by atoms with Crippen molar-refractivity contribution in [2.45, 2.75) is 0 Å². The van der Waals surface area contributed by atoms with Crippen LogP contribution >= 0.6 is 0 Å². The SMILES string of the molecule is Nc1cc(-c2cccc3occc23)[nH]n1. The van der Waals surface area contributed by atoms with Crippen molar-refractivity contribution in [1.82, 2.24) is 10.2 Å². The number of anilines is 1. The number of fused-ring (bicyclic) bond motifs is 1. The summed E-state index contributed by atoms with van der Waals surface area (Å²) >= 11 is 0. The molecule has 0 amide bonds. The Hall–Kier alpha value is -2.23. The van der Waals surface area contributed by atoms with Gasteiger partial charge in [0, 0.05) is 17.0 Å². The molecule has 0 spiro atoms. The fourth-order valence-corrected chi connectivity index (χ4v) is 1.70. The largest absolute Gasteiger partial charge is 0.464 e. The zero-order valence-electron chi connectivity index (χ0n) is 7.90. The van der Waals surface area contributed by atoms with Crippen LogP contribution in [0.4, 0.5) is 5.82 Å². The first-order valence-corrected chi connectivity index (χ1v) is 4.62. The van der Waals surface area contributed by atoms with Gasteiger partial charge in [-0.1, -0.05) is 12.1 Å². The van der Waals surface area contributed by atoms with E-state index in [0.717, 1.165) is 22.2 Å². The monoisotopic (exact) mass is 199 g/mol. The van der Waals surface area contributed by atoms with E-state index in [1.165, 1.54) is 0 Å². The third kappa shape index (κ3) is 1.19. The number of nitrogen functional groups attached to an aromatic ring is 1. The average Bonchev–Trinajstić information content (AvgIpc) is 2.84. The van der Waals surface area contributed by atoms with Crippen molar-refractivity contribution in [3.05, 3.63) is 36.6 Å². The maximum absolute atomic E-state index is 5.57. The summed E-state index contributed by atoms with van der Waals surface area (Å²) in [5.74, 6) is 0.491. The van der Waals surface area contributed by atoms with E-state index in [1.54, 1.807) is 6.26 Å². The molecule has 0 unspecified atom stereocenters. The lowest BCUT2D eigenvalue weighted by Crippen LogP contribution is -1.81. The van der Waals surface area contributed by atoms with Crippen LogP contribution < -0.4 is 5.73 Å². The number of nitrogens with two attached hydrogens (primary N) is 1. The molecule has 0 bridgehead atoms. The van der Waals surface area contributed by atoms with Gasteiger partial charge in [-0.2, -0.15) is 5.10 Å². The van der Waals surface area contributed by atoms with E-state index < -0.39 is 0 Å². The maximum atomic E-state index is 5.57. The Morgan fingerprint density at radius 2 is 2.20 bits per heavy atom. The van der Waals surface area contributed by atoms with Gasteiger partial charge in [0.15, 0.2) is 0 Å². The van der Waals surface area contributed by atoms with E-state index in [2.05, 4.69) is 10.2 Å². The molecule has 2 aromatic heterocycles. The van der Waals surface area contributed by atoms with E-state index >= 15 is 0 Å². The second-order valence-corrected chi connectivity index (χ2v) is 3.34. The molecule has 0 aliphatic carbocycles. The summed E-state index contributed by atoms with van der Waals surface area (Å²) < 4.78 is 5.32. The van der Waals surface area contributed by atoms with Crippen LogP contribution in [0.2, 0.25) is 0 Å². The van der Waals surface area contributed by atoms with Crippen LogP contribution in [0.15, 0.2) is 41.0 Å². The molecule has 3 aromatic rings. The van der Waals surface area contributed by atoms with Gasteiger partial charge in [-0.05, 0) is 12.1 Å². The number of furan rings is 1. The highest BCUT2D eigenvalue weighted by Gasteiger charge is 2.07. The lowest BCUT2D eigenvalue weighted by Gasteiger charge is -1.97. The topological polar surface area (TPSA) is 67.8 Å². The lowest BCUT2D eigenvalue weighted by atomic mass is 10.1. The highest BCUT2D eigenvalue weighted by atomic mass is 16.3. The molecule has 3 N–H and O–H groups in total. The first kappa shape index (κ1) is 8.11. The Kier molecular flexibility index (Phi) is 1.56. The highest BCUT2D eigenvalue weighted by molar-refractivity contribution is 5.93. The summed E-state index contributed by atoms with van der Waals surface area (Å²) in [6.45, 7) is 0. The van der Waals surface area contributed by atoms with Gasteiger partial charge in [0.25, 0.3) is 0 Å². The molecule has 15 heavy (non-hydrogen) atoms. The summed E-state index contributed by atoms with van der Waals surface area (Å²) in [6, 6.07) is 9.62. The molecule has 0 atom stereocenters. The van der Waals surface area contributed by atoms with Crippen LogP contribution in [-0.2, 0) is 0 Å². The quantitative estimate of drug-likeness (QED) is 0.632. The summed E-state index contributed by atoms with van der Waals surface area (Å²) in [4.78, 5) is 0. The molecular formula is C11H9N3O. The number of aromatic nitrogens is 2. The Bertz CT molecular complexity index is 609. The van der Waals surface area contributed by atoms with Crippen molar-refractivity contribution in [2.75, 3.05) is 5.73 Å². The summed E-state index contributed by atoms with van der Waals surface area (Å²) in [5, 5.41) is 7.85. The smallest absolute Gasteiger partial charge is 0.145 e. The van der Waals surface area contributed by atoms with E-state index in [1.807, 2.05) is 30.3 Å². The maximum Gasteiger partial charge on any atom is 0.145 e. The van der Waals surface area contributed by atoms with Crippen LogP contribution in [0.5, 0.6) is 0 Å². The minimum atomic E-state index is 0.491. The first-order valence-electron chi connectivity index (χ1n) is 4.62. The second-order valence-electron chi connectivity index (χ2n) is 3.34. The van der Waals surface area contributed by atoms with Gasteiger partial charge < -0.3 is 10.2 Å². The van der Waals surface area contributed by atoms with Crippen LogP contribution in [0.1, 0.15) is 0 Å². The molecule has 0 radical (unpaired) electrons. The summed E-state index contributed by atoms with van der Waals surface area (Å²) in [5.41, 5.74) is 8.38. The van der Waals surface area contributed by atoms with Crippen molar-refractivity contribution < 1.29 is 4.42 Å². The molecule has 2 heterocycles. The molecule has 3 rings (SSSR count). The number of H-pyrrole nitrogens is 1. The number of rotatable bonds is 1. The zero-order chi connectivity index (χ0) is 10.3. The van der Waals surface area contributed by atoms with E-state index in [4.69, 9.17) is 10.2 Å². The molecular weight excluding hydrogens is 190 g/mol. The average molecular weight is 199 g/mol. The summed E-state index contributed by atoms with van der Waals surface area (Å²) in [7, 11) is 0. The Morgan fingerprint density at radius 1 is 1.27 bits per heavy atom. The third-order valence-electron chi connectivity index (χ3n) is 2.38. The van der Waals surface area contributed by atoms with Gasteiger partial charge in [0.1, 0.15) is 11.4 Å². The van der Waals surface area contributed by atoms with E-state index in [-0.39, 0.29) is 0 Å². The van der Waals surface area contributed by atoms with Crippen LogP contribution in [0.25, 0.3) is 22.2 Å². The first-order chi connectivity index (χ1) is 7.34. The molecule has 0 saturated heterocycles. The van der Waals surface area contributed by atoms with Crippen LogP contribution in [0, 0.1) is 0 Å². The Balaban J connectivity index is 2.30. The van der Waals surface area contributed by atoms with Gasteiger partial charge in [-0.3, -0.25) is 5.10 Å². The number of benzene rings is 1. The zero-order valence-corrected chi connectivity index (χ0v) is 7.90. The van der Waals surface area contributed by atoms with Gasteiger partial charge in [0.2, 0.25) is 0 Å². The number of hydrogen-bond donors (Lipinski definition) is 2. The van der Waals surface area contributed by atoms with Crippen molar-refractivity contribution in [1.29, 1.82) is 0 Å². The van der Waals surface area contributed by atoms with Crippen molar-refractivity contribution in [3.8, 4) is 11.3 Å². The fourth-order valence-electron chi connectivity index (χ4n) is 1.70. The number of nitrogens with one attached hydrogen (secondary N) is 1. The van der Waals surface area contributed by atoms with Crippen molar-refractivity contribution in [2.24, 2.45) is 0 Å². The standard InChI is InChI=1S/C11H9N3O/c12-11-6-9(13-14-11)7-2-1-3-10-8(7)4-5-15-10/h1-6H,(H3,12,13,14). The molecule has 74 valence electrons. The number of aromatic amines is 1. The Labute approximate surface area is 85.7 Å². The van der Waals surface area contributed by atoms with Crippen LogP contribution in [-0.4, -0.2) is 10.2 Å². The number of hydrogen-bond acceptors (Lipinski definition) is 3. The predicted octanol–water partition coefficient (Wildman–Crippen LogP) is 2.41. The van der Waals surface area contributed by atoms with Crippen molar-refractivity contribution in [3.63, 3.8) is 0 Å². The normalized spacial score (nSPS) is 10.9. The van der Waals surface area contributed by atoms with Gasteiger partial charge in [-0.25, -0.2) is 0 Å². The fraction of sp³-hybridized carbons (Fsp3) is 0. The second kappa shape index (κ2) is 2.88. The lowest BCUT2D eigenvalue weighted by molar-refractivity contribution is 0.616. The third-order valence-corrected chi connectivity index (χ3v) is 2.38. The highest BCUT2D eigenvalue weighted by Crippen LogP contribution is 2.28. The molecule has 0 aliphatic rings. The molecule has 0 aliphatic heterocycles. The van der Waals surface area contributed by atoms with Crippen LogP contribution in [0.3, 0.4) is 0 Å². The van der Waals surface area contributed by atoms with Gasteiger partial charge in [-0.15, -0.1) is 0 Å². The molecule has 4 nitrogen and oxygen atoms in total. The predicted molar refractivity (Wildman–Crippen MR) is 58.2 cm³/mol.